The second kappa shape index (κ2) is 13.9. The molecule has 0 aliphatic rings. The summed E-state index contributed by atoms with van der Waals surface area (Å²) in [5, 5.41) is 0. The summed E-state index contributed by atoms with van der Waals surface area (Å²) in [6, 6.07) is 0. The smallest absolute Gasteiger partial charge is 1.00 e. The summed E-state index contributed by atoms with van der Waals surface area (Å²) in [4.78, 5) is 21.2. The molecule has 0 rings (SSSR count). The van der Waals surface area contributed by atoms with Gasteiger partial charge in [0.05, 0.1) is 0 Å². The van der Waals surface area contributed by atoms with Crippen molar-refractivity contribution in [2.75, 3.05) is 26.3 Å². The molecule has 0 aliphatic carbocycles. The van der Waals surface area contributed by atoms with Crippen LogP contribution in [0.25, 0.3) is 0 Å². The van der Waals surface area contributed by atoms with E-state index in [2.05, 4.69) is 9.47 Å². The fraction of sp³-hybridized carbons (Fsp3) is 0.667. The van der Waals surface area contributed by atoms with Crippen LogP contribution in [-0.2, 0) is 19.1 Å². The fourth-order valence-corrected chi connectivity index (χ4v) is 0.421. The molecule has 74 valence electrons. The third-order valence-electron chi connectivity index (χ3n) is 0.869. The van der Waals surface area contributed by atoms with Gasteiger partial charge in [-0.3, -0.25) is 0 Å². The number of carbonyl (C=O) groups is 2. The first kappa shape index (κ1) is 20.3. The molecule has 4 N–H and O–H groups in total. The molecular weight excluding hydrogens is 210 g/mol. The van der Waals surface area contributed by atoms with Gasteiger partial charge < -0.3 is 23.8 Å². The van der Waals surface area contributed by atoms with Crippen molar-refractivity contribution in [3.8, 4) is 0 Å². The fourth-order valence-electron chi connectivity index (χ4n) is 0.421. The summed E-state index contributed by atoms with van der Waals surface area (Å²) >= 11 is 0. The van der Waals surface area contributed by atoms with E-state index in [-0.39, 0.29) is 88.3 Å². The number of ether oxygens (including phenoxy) is 2. The topological polar surface area (TPSA) is 105 Å². The molecule has 0 amide bonds. The SMILES string of the molecule is NCCOC(=O)C(=O)OCCN.[H-].[H-].[Na+].[Na+]. The van der Waals surface area contributed by atoms with Gasteiger partial charge in [0.25, 0.3) is 0 Å². The molecule has 0 saturated heterocycles. The van der Waals surface area contributed by atoms with Gasteiger partial charge in [-0.2, -0.15) is 0 Å². The van der Waals surface area contributed by atoms with Crippen LogP contribution < -0.4 is 70.6 Å². The Bertz CT molecular complexity index is 159. The summed E-state index contributed by atoms with van der Waals surface area (Å²) in [6.45, 7) is 0.374. The van der Waals surface area contributed by atoms with E-state index < -0.39 is 11.9 Å². The van der Waals surface area contributed by atoms with E-state index in [1.807, 2.05) is 0 Å². The van der Waals surface area contributed by atoms with E-state index in [4.69, 9.17) is 11.5 Å². The monoisotopic (exact) mass is 224 g/mol. The van der Waals surface area contributed by atoms with Gasteiger partial charge in [0.15, 0.2) is 0 Å². The van der Waals surface area contributed by atoms with E-state index in [1.54, 1.807) is 0 Å². The first-order chi connectivity index (χ1) is 5.72. The van der Waals surface area contributed by atoms with Crippen molar-refractivity contribution in [2.24, 2.45) is 11.5 Å². The molecule has 0 radical (unpaired) electrons. The molecule has 0 heterocycles. The van der Waals surface area contributed by atoms with Crippen LogP contribution >= 0.6 is 0 Å². The van der Waals surface area contributed by atoms with Crippen molar-refractivity contribution in [2.45, 2.75) is 0 Å². The van der Waals surface area contributed by atoms with Gasteiger partial charge in [-0.15, -0.1) is 0 Å². The molecule has 0 fully saturated rings. The van der Waals surface area contributed by atoms with Crippen molar-refractivity contribution >= 4 is 11.9 Å². The molecule has 0 spiro atoms. The summed E-state index contributed by atoms with van der Waals surface area (Å²) in [6.07, 6.45) is 0. The average molecular weight is 224 g/mol. The van der Waals surface area contributed by atoms with Crippen molar-refractivity contribution in [3.63, 3.8) is 0 Å². The van der Waals surface area contributed by atoms with Crippen molar-refractivity contribution in [1.29, 1.82) is 0 Å². The van der Waals surface area contributed by atoms with Crippen molar-refractivity contribution in [1.82, 2.24) is 0 Å². The third-order valence-corrected chi connectivity index (χ3v) is 0.869. The first-order valence-corrected chi connectivity index (χ1v) is 3.46. The van der Waals surface area contributed by atoms with E-state index in [0.717, 1.165) is 0 Å². The zero-order valence-corrected chi connectivity index (χ0v) is 12.6. The Balaban J connectivity index is -0.000000101. The van der Waals surface area contributed by atoms with Crippen LogP contribution in [0, 0.1) is 0 Å². The van der Waals surface area contributed by atoms with Crippen LogP contribution in [0.5, 0.6) is 0 Å². The number of carbonyl (C=O) groups excluding carboxylic acids is 2. The maximum atomic E-state index is 10.6. The molecule has 0 atom stereocenters. The van der Waals surface area contributed by atoms with Crippen molar-refractivity contribution in [3.05, 3.63) is 0 Å². The van der Waals surface area contributed by atoms with Crippen LogP contribution in [0.3, 0.4) is 0 Å². The molecule has 0 bridgehead atoms. The molecule has 0 aromatic carbocycles. The maximum absolute atomic E-state index is 10.6. The zero-order valence-electron chi connectivity index (χ0n) is 10.6. The Hall–Kier alpha value is 0.860. The van der Waals surface area contributed by atoms with Crippen LogP contribution in [-0.4, -0.2) is 38.2 Å². The molecule has 6 nitrogen and oxygen atoms in total. The predicted octanol–water partition coefficient (Wildman–Crippen LogP) is -7.78. The Morgan fingerprint density at radius 1 is 0.929 bits per heavy atom. The van der Waals surface area contributed by atoms with Gasteiger partial charge >= 0.3 is 71.1 Å². The standard InChI is InChI=1S/C6H12N2O4.2Na.2H/c7-1-3-11-5(9)6(10)12-4-2-8;;;;/h1-4,7-8H2;;;;/q;2*+1;2*-1. The molecule has 0 saturated carbocycles. The largest absolute Gasteiger partial charge is 1.00 e. The molecule has 0 aromatic heterocycles. The second-order valence-electron chi connectivity index (χ2n) is 1.85. The second-order valence-corrected chi connectivity index (χ2v) is 1.85. The van der Waals surface area contributed by atoms with Crippen LogP contribution in [0.15, 0.2) is 0 Å². The Labute approximate surface area is 130 Å². The minimum absolute atomic E-state index is 0. The molecular formula is C6H14N2Na2O4. The molecule has 0 aromatic rings. The van der Waals surface area contributed by atoms with Gasteiger partial charge in [0.1, 0.15) is 13.2 Å². The van der Waals surface area contributed by atoms with E-state index in [1.165, 1.54) is 0 Å². The number of hydrogen-bond donors (Lipinski definition) is 2. The van der Waals surface area contributed by atoms with E-state index >= 15 is 0 Å². The number of rotatable bonds is 4. The van der Waals surface area contributed by atoms with Gasteiger partial charge in [-0.25, -0.2) is 9.59 Å². The van der Waals surface area contributed by atoms with E-state index in [0.29, 0.717) is 0 Å². The predicted molar refractivity (Wildman–Crippen MR) is 42.3 cm³/mol. The summed E-state index contributed by atoms with van der Waals surface area (Å²) in [7, 11) is 0. The number of nitrogens with two attached hydrogens (primary N) is 2. The summed E-state index contributed by atoms with van der Waals surface area (Å²) in [5.74, 6) is -2.07. The van der Waals surface area contributed by atoms with Crippen molar-refractivity contribution < 1.29 is 81.0 Å². The normalized spacial score (nSPS) is 7.86. The number of esters is 2. The van der Waals surface area contributed by atoms with Gasteiger partial charge in [-0.05, 0) is 0 Å². The van der Waals surface area contributed by atoms with Gasteiger partial charge in [0.2, 0.25) is 0 Å². The molecule has 14 heavy (non-hydrogen) atoms. The Kier molecular flexibility index (Phi) is 20.1. The van der Waals surface area contributed by atoms with E-state index in [9.17, 15) is 9.59 Å². The summed E-state index contributed by atoms with van der Waals surface area (Å²) in [5.41, 5.74) is 10.1. The molecule has 0 unspecified atom stereocenters. The summed E-state index contributed by atoms with van der Waals surface area (Å²) < 4.78 is 8.74. The van der Waals surface area contributed by atoms with Gasteiger partial charge in [0, 0.05) is 13.1 Å². The number of hydrogen-bond acceptors (Lipinski definition) is 6. The van der Waals surface area contributed by atoms with Crippen LogP contribution in [0.2, 0.25) is 0 Å². The molecule has 8 heteroatoms. The third kappa shape index (κ3) is 10.9. The minimum atomic E-state index is -1.03. The maximum Gasteiger partial charge on any atom is 1.00 e. The quantitative estimate of drug-likeness (QED) is 0.279. The van der Waals surface area contributed by atoms with Crippen LogP contribution in [0.4, 0.5) is 0 Å². The molecule has 0 aliphatic heterocycles. The minimum Gasteiger partial charge on any atom is -1.00 e. The average Bonchev–Trinajstić information content (AvgIpc) is 2.10. The zero-order chi connectivity index (χ0) is 9.40. The van der Waals surface area contributed by atoms with Crippen LogP contribution in [0.1, 0.15) is 2.85 Å². The Morgan fingerprint density at radius 2 is 1.21 bits per heavy atom. The van der Waals surface area contributed by atoms with Gasteiger partial charge in [-0.1, -0.05) is 0 Å². The first-order valence-electron chi connectivity index (χ1n) is 3.46. The Morgan fingerprint density at radius 3 is 1.43 bits per heavy atom.